The van der Waals surface area contributed by atoms with Crippen LogP contribution in [0.3, 0.4) is 0 Å². The Kier molecular flexibility index (Phi) is 6.12. The highest BCUT2D eigenvalue weighted by Gasteiger charge is 2.29. The van der Waals surface area contributed by atoms with Crippen LogP contribution < -0.4 is 10.2 Å². The van der Waals surface area contributed by atoms with Crippen molar-refractivity contribution in [1.82, 2.24) is 0 Å². The fourth-order valence-electron chi connectivity index (χ4n) is 3.29. The molecule has 0 aliphatic heterocycles. The van der Waals surface area contributed by atoms with Crippen molar-refractivity contribution in [2.75, 3.05) is 5.43 Å². The van der Waals surface area contributed by atoms with Gasteiger partial charge in [-0.15, -0.1) is 0 Å². The largest absolute Gasteiger partial charge is 0.488 e. The molecule has 0 saturated heterocycles. The Balaban J connectivity index is 1.56. The summed E-state index contributed by atoms with van der Waals surface area (Å²) in [6.45, 7) is 2.44. The van der Waals surface area contributed by atoms with E-state index in [1.54, 1.807) is 6.21 Å². The van der Waals surface area contributed by atoms with Gasteiger partial charge in [0, 0.05) is 5.56 Å². The second-order valence-electron chi connectivity index (χ2n) is 7.42. The summed E-state index contributed by atoms with van der Waals surface area (Å²) in [5, 5.41) is 6.24. The molecule has 0 radical (unpaired) electrons. The number of hydrogen-bond acceptors (Lipinski definition) is 3. The molecule has 1 N–H and O–H groups in total. The van der Waals surface area contributed by atoms with Crippen LogP contribution in [0.5, 0.6) is 5.75 Å². The van der Waals surface area contributed by atoms with Gasteiger partial charge in [0.25, 0.3) is 0 Å². The normalized spacial score (nSPS) is 11.8. The molecule has 0 saturated carbocycles. The highest BCUT2D eigenvalue weighted by atomic mass is 19.4. The van der Waals surface area contributed by atoms with E-state index in [0.717, 1.165) is 34.0 Å². The van der Waals surface area contributed by atoms with Gasteiger partial charge in [-0.05, 0) is 53.6 Å². The minimum Gasteiger partial charge on any atom is -0.488 e. The first kappa shape index (κ1) is 21.4. The summed E-state index contributed by atoms with van der Waals surface area (Å²) in [7, 11) is 0. The number of anilines is 1. The summed E-state index contributed by atoms with van der Waals surface area (Å²) in [6.07, 6.45) is -2.74. The third-order valence-corrected chi connectivity index (χ3v) is 5.05. The Bertz CT molecular complexity index is 1230. The molecule has 0 heterocycles. The van der Waals surface area contributed by atoms with Gasteiger partial charge in [-0.1, -0.05) is 60.2 Å². The maximum Gasteiger partial charge on any atom is 0.416 e. The van der Waals surface area contributed by atoms with Gasteiger partial charge in [0.1, 0.15) is 12.4 Å². The molecule has 4 aromatic rings. The van der Waals surface area contributed by atoms with Gasteiger partial charge in [0.15, 0.2) is 0 Å². The van der Waals surface area contributed by atoms with Crippen molar-refractivity contribution in [1.29, 1.82) is 0 Å². The number of aryl methyl sites for hydroxylation is 1. The molecule has 0 aromatic heterocycles. The van der Waals surface area contributed by atoms with Crippen LogP contribution in [0, 0.1) is 6.92 Å². The topological polar surface area (TPSA) is 33.6 Å². The third kappa shape index (κ3) is 5.09. The van der Waals surface area contributed by atoms with E-state index in [9.17, 15) is 13.2 Å². The van der Waals surface area contributed by atoms with Crippen molar-refractivity contribution >= 4 is 22.7 Å². The number of hydrogen-bond donors (Lipinski definition) is 1. The lowest BCUT2D eigenvalue weighted by Gasteiger charge is -2.12. The number of nitrogens with zero attached hydrogens (tertiary/aromatic N) is 1. The Hall–Kier alpha value is -3.80. The fraction of sp³-hybridized carbons (Fsp3) is 0.115. The van der Waals surface area contributed by atoms with Crippen LogP contribution in [0.25, 0.3) is 10.8 Å². The lowest BCUT2D eigenvalue weighted by atomic mass is 10.0. The first-order valence-corrected chi connectivity index (χ1v) is 10.1. The highest BCUT2D eigenvalue weighted by molar-refractivity contribution is 6.02. The van der Waals surface area contributed by atoms with E-state index in [4.69, 9.17) is 4.74 Å². The molecule has 0 aliphatic carbocycles. The maximum absolute atomic E-state index is 12.7. The summed E-state index contributed by atoms with van der Waals surface area (Å²) in [5.41, 5.74) is 5.56. The van der Waals surface area contributed by atoms with Gasteiger partial charge in [0.2, 0.25) is 0 Å². The summed E-state index contributed by atoms with van der Waals surface area (Å²) >= 11 is 0. The van der Waals surface area contributed by atoms with Crippen molar-refractivity contribution in [3.8, 4) is 5.75 Å². The van der Waals surface area contributed by atoms with Gasteiger partial charge < -0.3 is 4.74 Å². The van der Waals surface area contributed by atoms with Crippen LogP contribution in [0.4, 0.5) is 18.9 Å². The van der Waals surface area contributed by atoms with Gasteiger partial charge in [-0.25, -0.2) is 0 Å². The number of ether oxygens (including phenoxy) is 1. The summed E-state index contributed by atoms with van der Waals surface area (Å²) in [6, 6.07) is 24.6. The highest BCUT2D eigenvalue weighted by Crippen LogP contribution is 2.30. The Morgan fingerprint density at radius 1 is 0.875 bits per heavy atom. The van der Waals surface area contributed by atoms with Gasteiger partial charge >= 0.3 is 6.18 Å². The van der Waals surface area contributed by atoms with Crippen molar-refractivity contribution in [3.63, 3.8) is 0 Å². The molecule has 0 amide bonds. The number of nitrogens with one attached hydrogen (secondary N) is 1. The molecule has 4 rings (SSSR count). The fourth-order valence-corrected chi connectivity index (χ4v) is 3.29. The van der Waals surface area contributed by atoms with Crippen molar-refractivity contribution in [2.24, 2.45) is 5.10 Å². The molecule has 0 atom stereocenters. The molecule has 3 nitrogen and oxygen atoms in total. The average Bonchev–Trinajstić information content (AvgIpc) is 2.79. The van der Waals surface area contributed by atoms with Gasteiger partial charge in [-0.2, -0.15) is 18.3 Å². The lowest BCUT2D eigenvalue weighted by Crippen LogP contribution is -2.04. The van der Waals surface area contributed by atoms with Crippen LogP contribution in [0.1, 0.15) is 22.3 Å². The SMILES string of the molecule is Cc1ccc(COc2ccc3ccccc3c2/C=N/Nc2ccc(C(F)(F)F)cc2)cc1. The standard InChI is InChI=1S/C26H21F3N2O/c1-18-6-8-19(9-7-18)17-32-25-15-10-20-4-2-3-5-23(20)24(25)16-30-31-22-13-11-21(12-14-22)26(27,28)29/h2-16,31H,17H2,1H3/b30-16+. The van der Waals surface area contributed by atoms with E-state index in [1.807, 2.05) is 67.6 Å². The van der Waals surface area contributed by atoms with Crippen molar-refractivity contribution in [2.45, 2.75) is 19.7 Å². The molecular weight excluding hydrogens is 413 g/mol. The van der Waals surface area contributed by atoms with Crippen molar-refractivity contribution < 1.29 is 17.9 Å². The lowest BCUT2D eigenvalue weighted by molar-refractivity contribution is -0.137. The molecule has 6 heteroatoms. The molecule has 4 aromatic carbocycles. The number of rotatable bonds is 6. The number of hydrazone groups is 1. The summed E-state index contributed by atoms with van der Waals surface area (Å²) in [5.74, 6) is 0.669. The van der Waals surface area contributed by atoms with E-state index in [1.165, 1.54) is 17.7 Å². The molecule has 0 bridgehead atoms. The zero-order valence-corrected chi connectivity index (χ0v) is 17.4. The van der Waals surface area contributed by atoms with Crippen LogP contribution in [0.2, 0.25) is 0 Å². The number of alkyl halides is 3. The van der Waals surface area contributed by atoms with Crippen LogP contribution in [-0.2, 0) is 12.8 Å². The van der Waals surface area contributed by atoms with Gasteiger partial charge in [-0.3, -0.25) is 5.43 Å². The van der Waals surface area contributed by atoms with E-state index in [2.05, 4.69) is 10.5 Å². The molecule has 0 unspecified atom stereocenters. The Morgan fingerprint density at radius 2 is 1.59 bits per heavy atom. The molecule has 0 aliphatic rings. The Labute approximate surface area is 184 Å². The zero-order chi connectivity index (χ0) is 22.6. The summed E-state index contributed by atoms with van der Waals surface area (Å²) in [4.78, 5) is 0. The number of fused-ring (bicyclic) bond motifs is 1. The molecule has 0 spiro atoms. The monoisotopic (exact) mass is 434 g/mol. The number of benzene rings is 4. The first-order valence-electron chi connectivity index (χ1n) is 10.1. The smallest absolute Gasteiger partial charge is 0.416 e. The first-order chi connectivity index (χ1) is 15.4. The maximum atomic E-state index is 12.7. The molecule has 162 valence electrons. The van der Waals surface area contributed by atoms with Crippen molar-refractivity contribution in [3.05, 3.63) is 107 Å². The average molecular weight is 434 g/mol. The second-order valence-corrected chi connectivity index (χ2v) is 7.42. The third-order valence-electron chi connectivity index (χ3n) is 5.05. The minimum atomic E-state index is -4.37. The van der Waals surface area contributed by atoms with Crippen LogP contribution >= 0.6 is 0 Å². The summed E-state index contributed by atoms with van der Waals surface area (Å²) < 4.78 is 44.3. The predicted molar refractivity (Wildman–Crippen MR) is 122 cm³/mol. The van der Waals surface area contributed by atoms with E-state index in [0.29, 0.717) is 18.0 Å². The van der Waals surface area contributed by atoms with E-state index >= 15 is 0 Å². The molecule has 32 heavy (non-hydrogen) atoms. The molecular formula is C26H21F3N2O. The van der Waals surface area contributed by atoms with Crippen LogP contribution in [-0.4, -0.2) is 6.21 Å². The predicted octanol–water partition coefficient (Wildman–Crippen LogP) is 7.19. The minimum absolute atomic E-state index is 0.409. The number of halogens is 3. The van der Waals surface area contributed by atoms with Crippen LogP contribution in [0.15, 0.2) is 90.0 Å². The quantitative estimate of drug-likeness (QED) is 0.257. The van der Waals surface area contributed by atoms with E-state index in [-0.39, 0.29) is 0 Å². The Morgan fingerprint density at radius 3 is 2.31 bits per heavy atom. The molecule has 0 fully saturated rings. The van der Waals surface area contributed by atoms with Gasteiger partial charge in [0.05, 0.1) is 17.5 Å². The van der Waals surface area contributed by atoms with E-state index < -0.39 is 11.7 Å². The zero-order valence-electron chi connectivity index (χ0n) is 17.4. The second kappa shape index (κ2) is 9.14.